The predicted octanol–water partition coefficient (Wildman–Crippen LogP) is 4.90. The number of hydrogen-bond donors (Lipinski definition) is 0. The highest BCUT2D eigenvalue weighted by Crippen LogP contribution is 2.36. The van der Waals surface area contributed by atoms with Crippen LogP contribution in [0.1, 0.15) is 48.7 Å². The Kier molecular flexibility index (Phi) is 8.14. The third kappa shape index (κ3) is 5.73. The van der Waals surface area contributed by atoms with Crippen molar-refractivity contribution in [2.45, 2.75) is 54.6 Å². The summed E-state index contributed by atoms with van der Waals surface area (Å²) in [6.45, 7) is 7.91. The van der Waals surface area contributed by atoms with E-state index in [1.165, 1.54) is 18.2 Å². The van der Waals surface area contributed by atoms with E-state index in [-0.39, 0.29) is 28.7 Å². The van der Waals surface area contributed by atoms with Crippen molar-refractivity contribution in [2.24, 2.45) is 0 Å². The Bertz CT molecular complexity index is 1590. The molecule has 0 N–H and O–H groups in total. The molecule has 3 aliphatic heterocycles. The van der Waals surface area contributed by atoms with Crippen molar-refractivity contribution in [3.63, 3.8) is 0 Å². The molecule has 0 radical (unpaired) electrons. The lowest BCUT2D eigenvalue weighted by molar-refractivity contribution is 0.0134. The largest absolute Gasteiger partial charge is 0.454 e. The van der Waals surface area contributed by atoms with Gasteiger partial charge in [0.1, 0.15) is 17.2 Å². The summed E-state index contributed by atoms with van der Waals surface area (Å²) < 4.78 is 65.4. The molecule has 0 bridgehead atoms. The molecule has 3 heterocycles. The third-order valence-electron chi connectivity index (χ3n) is 8.98. The number of carbonyl (C=O) groups excluding carboxylic acids is 1. The number of amides is 1. The average Bonchev–Trinajstić information content (AvgIpc) is 3.49. The van der Waals surface area contributed by atoms with E-state index >= 15 is 0 Å². The van der Waals surface area contributed by atoms with Gasteiger partial charge >= 0.3 is 0 Å². The molecule has 0 aromatic heterocycles. The van der Waals surface area contributed by atoms with Gasteiger partial charge in [-0.25, -0.2) is 17.2 Å². The third-order valence-corrected chi connectivity index (χ3v) is 10.7. The molecule has 228 valence electrons. The van der Waals surface area contributed by atoms with Gasteiger partial charge in [-0.3, -0.25) is 14.6 Å². The Morgan fingerprint density at radius 2 is 1.53 bits per heavy atom. The van der Waals surface area contributed by atoms with E-state index in [0.717, 1.165) is 50.2 Å². The second-order valence-corrected chi connectivity index (χ2v) is 13.4. The highest BCUT2D eigenvalue weighted by atomic mass is 32.2. The smallest absolute Gasteiger partial charge is 0.259 e. The molecule has 0 aliphatic carbocycles. The van der Waals surface area contributed by atoms with Crippen LogP contribution in [-0.2, 0) is 9.84 Å². The van der Waals surface area contributed by atoms with Crippen LogP contribution in [0, 0.1) is 11.6 Å². The van der Waals surface area contributed by atoms with Crippen LogP contribution in [0.2, 0.25) is 0 Å². The molecule has 11 heteroatoms. The van der Waals surface area contributed by atoms with Crippen LogP contribution in [0.5, 0.6) is 11.5 Å². The van der Waals surface area contributed by atoms with Crippen LogP contribution in [0.15, 0.2) is 70.5 Å². The van der Waals surface area contributed by atoms with Crippen LogP contribution < -0.4 is 9.47 Å². The normalized spacial score (nSPS) is 20.7. The Labute approximate surface area is 250 Å². The van der Waals surface area contributed by atoms with E-state index in [2.05, 4.69) is 23.6 Å². The second-order valence-electron chi connectivity index (χ2n) is 11.5. The number of piperidine rings is 1. The topological polar surface area (TPSA) is 79.4 Å². The van der Waals surface area contributed by atoms with Crippen molar-refractivity contribution >= 4 is 15.7 Å². The Morgan fingerprint density at radius 3 is 2.21 bits per heavy atom. The van der Waals surface area contributed by atoms with Crippen LogP contribution in [-0.4, -0.2) is 80.6 Å². The number of ether oxygens (including phenoxy) is 2. The molecular formula is C32H35F2N3O5S. The number of likely N-dealkylation sites (tertiary alicyclic amines) is 1. The van der Waals surface area contributed by atoms with Gasteiger partial charge in [0.15, 0.2) is 11.5 Å². The number of benzene rings is 3. The molecule has 6 rings (SSSR count). The molecule has 2 atom stereocenters. The highest BCUT2D eigenvalue weighted by molar-refractivity contribution is 7.91. The van der Waals surface area contributed by atoms with E-state index in [4.69, 9.17) is 9.47 Å². The maximum absolute atomic E-state index is 14.1. The SMILES string of the molecule is C[C@H]1CN(C2CCN(C(=O)c3c(F)cccc3F)CC2)CCN1[C@@H](C)c1ccc(S(=O)(=O)c2ccc3c(c2)OCO3)cc1. The molecule has 8 nitrogen and oxygen atoms in total. The zero-order chi connectivity index (χ0) is 30.3. The Morgan fingerprint density at radius 1 is 0.884 bits per heavy atom. The van der Waals surface area contributed by atoms with Crippen LogP contribution >= 0.6 is 0 Å². The number of fused-ring (bicyclic) bond motifs is 1. The van der Waals surface area contributed by atoms with Gasteiger partial charge in [0.05, 0.1) is 9.79 Å². The molecule has 3 aromatic rings. The fourth-order valence-electron chi connectivity index (χ4n) is 6.50. The van der Waals surface area contributed by atoms with Crippen molar-refractivity contribution < 1.29 is 31.5 Å². The summed E-state index contributed by atoms with van der Waals surface area (Å²) in [6, 6.07) is 15.9. The molecule has 3 aliphatic rings. The monoisotopic (exact) mass is 611 g/mol. The van der Waals surface area contributed by atoms with E-state index in [1.54, 1.807) is 23.1 Å². The molecule has 3 aromatic carbocycles. The number of hydrogen-bond acceptors (Lipinski definition) is 7. The van der Waals surface area contributed by atoms with Gasteiger partial charge in [0, 0.05) is 56.9 Å². The standard InChI is InChI=1S/C32H35F2N3O5S/c1-21-19-36(24-12-14-35(15-13-24)32(38)31-27(33)4-3-5-28(31)34)16-17-37(21)22(2)23-6-8-25(9-7-23)43(39,40)26-10-11-29-30(18-26)42-20-41-29/h3-11,18,21-22,24H,12-17,19-20H2,1-2H3/t21-,22-/m0/s1. The summed E-state index contributed by atoms with van der Waals surface area (Å²) in [6.07, 6.45) is 1.51. The van der Waals surface area contributed by atoms with Gasteiger partial charge in [-0.15, -0.1) is 0 Å². The fraction of sp³-hybridized carbons (Fsp3) is 0.406. The highest BCUT2D eigenvalue weighted by Gasteiger charge is 2.34. The van der Waals surface area contributed by atoms with Crippen molar-refractivity contribution in [3.05, 3.63) is 83.4 Å². The number of piperazine rings is 1. The van der Waals surface area contributed by atoms with Crippen LogP contribution in [0.3, 0.4) is 0 Å². The maximum Gasteiger partial charge on any atom is 0.259 e. The summed E-state index contributed by atoms with van der Waals surface area (Å²) in [4.78, 5) is 19.6. The van der Waals surface area contributed by atoms with Crippen molar-refractivity contribution in [1.29, 1.82) is 0 Å². The zero-order valence-corrected chi connectivity index (χ0v) is 25.0. The first-order valence-electron chi connectivity index (χ1n) is 14.6. The van der Waals surface area contributed by atoms with Crippen molar-refractivity contribution in [2.75, 3.05) is 39.5 Å². The summed E-state index contributed by atoms with van der Waals surface area (Å²) >= 11 is 0. The van der Waals surface area contributed by atoms with Crippen molar-refractivity contribution in [3.8, 4) is 11.5 Å². The van der Waals surface area contributed by atoms with Crippen molar-refractivity contribution in [1.82, 2.24) is 14.7 Å². The summed E-state index contributed by atoms with van der Waals surface area (Å²) in [5, 5.41) is 0. The van der Waals surface area contributed by atoms with Gasteiger partial charge in [-0.2, -0.15) is 0 Å². The first-order chi connectivity index (χ1) is 20.6. The minimum atomic E-state index is -3.71. The number of sulfone groups is 1. The van der Waals surface area contributed by atoms with Gasteiger partial charge in [0.25, 0.3) is 5.91 Å². The van der Waals surface area contributed by atoms with Gasteiger partial charge in [-0.1, -0.05) is 18.2 Å². The minimum Gasteiger partial charge on any atom is -0.454 e. The predicted molar refractivity (Wildman–Crippen MR) is 156 cm³/mol. The first-order valence-corrected chi connectivity index (χ1v) is 16.1. The second kappa shape index (κ2) is 11.9. The van der Waals surface area contributed by atoms with Gasteiger partial charge in [0.2, 0.25) is 16.6 Å². The van der Waals surface area contributed by atoms with Crippen LogP contribution in [0.4, 0.5) is 8.78 Å². The van der Waals surface area contributed by atoms with E-state index < -0.39 is 32.9 Å². The summed E-state index contributed by atoms with van der Waals surface area (Å²) in [5.74, 6) is -1.28. The minimum absolute atomic E-state index is 0.0811. The first kappa shape index (κ1) is 29.5. The number of rotatable bonds is 6. The summed E-state index contributed by atoms with van der Waals surface area (Å²) in [7, 11) is -3.71. The lowest BCUT2D eigenvalue weighted by atomic mass is 9.98. The molecule has 0 spiro atoms. The number of halogens is 2. The summed E-state index contributed by atoms with van der Waals surface area (Å²) in [5.41, 5.74) is 0.563. The number of carbonyl (C=O) groups is 1. The van der Waals surface area contributed by atoms with E-state index in [1.807, 2.05) is 12.1 Å². The molecule has 0 saturated carbocycles. The lowest BCUT2D eigenvalue weighted by Crippen LogP contribution is -2.57. The Hall–Kier alpha value is -3.54. The molecule has 2 saturated heterocycles. The molecular weight excluding hydrogens is 576 g/mol. The van der Waals surface area contributed by atoms with Crippen LogP contribution in [0.25, 0.3) is 0 Å². The fourth-order valence-corrected chi connectivity index (χ4v) is 7.77. The zero-order valence-electron chi connectivity index (χ0n) is 24.2. The maximum atomic E-state index is 14.1. The average molecular weight is 612 g/mol. The van der Waals surface area contributed by atoms with E-state index in [9.17, 15) is 22.0 Å². The quantitative estimate of drug-likeness (QED) is 0.393. The molecule has 2 fully saturated rings. The van der Waals surface area contributed by atoms with Gasteiger partial charge < -0.3 is 14.4 Å². The van der Waals surface area contributed by atoms with Gasteiger partial charge in [-0.05, 0) is 68.7 Å². The Balaban J connectivity index is 1.05. The number of nitrogens with zero attached hydrogens (tertiary/aromatic N) is 3. The van der Waals surface area contributed by atoms with E-state index in [0.29, 0.717) is 30.6 Å². The lowest BCUT2D eigenvalue weighted by Gasteiger charge is -2.47. The molecule has 1 amide bonds. The molecule has 43 heavy (non-hydrogen) atoms. The molecule has 0 unspecified atom stereocenters.